The highest BCUT2D eigenvalue weighted by Crippen LogP contribution is 2.16. The maximum atomic E-state index is 11.3. The summed E-state index contributed by atoms with van der Waals surface area (Å²) in [5, 5.41) is 0. The summed E-state index contributed by atoms with van der Waals surface area (Å²) in [7, 11) is 0. The lowest BCUT2D eigenvalue weighted by molar-refractivity contribution is -0.0249. The fraction of sp³-hybridized carbons (Fsp3) is 0.375. The highest BCUT2D eigenvalue weighted by atomic mass is 79.9. The number of aromatic nitrogens is 1. The van der Waals surface area contributed by atoms with Gasteiger partial charge in [0.05, 0.1) is 19.3 Å². The van der Waals surface area contributed by atoms with E-state index in [1.54, 1.807) is 22.9 Å². The Morgan fingerprint density at radius 3 is 2.83 bits per heavy atom. The summed E-state index contributed by atoms with van der Waals surface area (Å²) in [4.78, 5) is 11.3. The molecule has 0 N–H and O–H groups in total. The van der Waals surface area contributed by atoms with E-state index in [-0.39, 0.29) is 11.6 Å². The normalized spacial score (nSPS) is 17.4. The van der Waals surface area contributed by atoms with Crippen LogP contribution in [-0.2, 0) is 4.74 Å². The van der Waals surface area contributed by atoms with Crippen LogP contribution in [0.4, 0.5) is 0 Å². The third-order valence-electron chi connectivity index (χ3n) is 1.92. The van der Waals surface area contributed by atoms with Gasteiger partial charge in [-0.2, -0.15) is 0 Å². The molecule has 3 nitrogen and oxygen atoms in total. The van der Waals surface area contributed by atoms with Crippen LogP contribution >= 0.6 is 15.9 Å². The maximum absolute atomic E-state index is 11.3. The van der Waals surface area contributed by atoms with Gasteiger partial charge in [0.15, 0.2) is 0 Å². The van der Waals surface area contributed by atoms with Crippen molar-refractivity contribution in [2.45, 2.75) is 6.04 Å². The van der Waals surface area contributed by atoms with E-state index in [2.05, 4.69) is 15.9 Å². The Labute approximate surface area is 78.1 Å². The first-order chi connectivity index (χ1) is 5.77. The molecule has 1 fully saturated rings. The van der Waals surface area contributed by atoms with Gasteiger partial charge in [0, 0.05) is 16.7 Å². The SMILES string of the molecule is O=c1ccc(Br)cn1C1COC1. The Bertz CT molecular complexity index is 343. The van der Waals surface area contributed by atoms with Crippen LogP contribution in [0.25, 0.3) is 0 Å². The van der Waals surface area contributed by atoms with Crippen LogP contribution in [0, 0.1) is 0 Å². The molecule has 1 aliphatic rings. The molecule has 0 saturated carbocycles. The number of pyridine rings is 1. The summed E-state index contributed by atoms with van der Waals surface area (Å²) in [5.41, 5.74) is 0.0338. The predicted molar refractivity (Wildman–Crippen MR) is 48.3 cm³/mol. The molecular formula is C8H8BrNO2. The minimum Gasteiger partial charge on any atom is -0.377 e. The number of rotatable bonds is 1. The quantitative estimate of drug-likeness (QED) is 0.725. The first kappa shape index (κ1) is 8.01. The Balaban J connectivity index is 2.40. The Hall–Kier alpha value is -0.610. The summed E-state index contributed by atoms with van der Waals surface area (Å²) >= 11 is 3.32. The topological polar surface area (TPSA) is 31.2 Å². The molecule has 1 aliphatic heterocycles. The molecule has 2 rings (SSSR count). The average molecular weight is 230 g/mol. The van der Waals surface area contributed by atoms with Gasteiger partial charge in [0.2, 0.25) is 0 Å². The number of hydrogen-bond donors (Lipinski definition) is 0. The zero-order valence-electron chi connectivity index (χ0n) is 6.37. The molecule has 2 heterocycles. The smallest absolute Gasteiger partial charge is 0.250 e. The van der Waals surface area contributed by atoms with Crippen LogP contribution in [0.3, 0.4) is 0 Å². The lowest BCUT2D eigenvalue weighted by Gasteiger charge is -2.27. The lowest BCUT2D eigenvalue weighted by Crippen LogP contribution is -2.36. The molecule has 1 aromatic rings. The summed E-state index contributed by atoms with van der Waals surface area (Å²) < 4.78 is 7.64. The zero-order valence-corrected chi connectivity index (χ0v) is 7.95. The monoisotopic (exact) mass is 229 g/mol. The Kier molecular flexibility index (Phi) is 2.02. The molecule has 0 spiro atoms. The summed E-state index contributed by atoms with van der Waals surface area (Å²) in [5.74, 6) is 0. The second kappa shape index (κ2) is 3.03. The molecule has 0 aromatic carbocycles. The van der Waals surface area contributed by atoms with Crippen LogP contribution in [-0.4, -0.2) is 17.8 Å². The fourth-order valence-electron chi connectivity index (χ4n) is 1.15. The van der Waals surface area contributed by atoms with E-state index in [0.717, 1.165) is 4.47 Å². The fourth-order valence-corrected chi connectivity index (χ4v) is 1.50. The second-order valence-electron chi connectivity index (χ2n) is 2.78. The standard InChI is InChI=1S/C8H8BrNO2/c9-6-1-2-8(11)10(3-6)7-4-12-5-7/h1-3,7H,4-5H2. The largest absolute Gasteiger partial charge is 0.377 e. The molecule has 0 atom stereocenters. The molecule has 0 bridgehead atoms. The summed E-state index contributed by atoms with van der Waals surface area (Å²) in [6, 6.07) is 3.54. The highest BCUT2D eigenvalue weighted by molar-refractivity contribution is 9.10. The molecule has 0 radical (unpaired) electrons. The molecule has 0 amide bonds. The number of hydrogen-bond acceptors (Lipinski definition) is 2. The van der Waals surface area contributed by atoms with E-state index >= 15 is 0 Å². The molecule has 0 unspecified atom stereocenters. The minimum absolute atomic E-state index is 0.0338. The van der Waals surface area contributed by atoms with Gasteiger partial charge in [-0.25, -0.2) is 0 Å². The molecule has 64 valence electrons. The molecule has 12 heavy (non-hydrogen) atoms. The van der Waals surface area contributed by atoms with Crippen LogP contribution < -0.4 is 5.56 Å². The van der Waals surface area contributed by atoms with E-state index in [1.165, 1.54) is 0 Å². The van der Waals surface area contributed by atoms with Crippen LogP contribution in [0.1, 0.15) is 6.04 Å². The van der Waals surface area contributed by atoms with E-state index in [1.807, 2.05) is 0 Å². The first-order valence-electron chi connectivity index (χ1n) is 3.73. The maximum Gasteiger partial charge on any atom is 0.250 e. The Morgan fingerprint density at radius 1 is 1.50 bits per heavy atom. The van der Waals surface area contributed by atoms with Gasteiger partial charge < -0.3 is 9.30 Å². The van der Waals surface area contributed by atoms with Crippen molar-refractivity contribution in [2.24, 2.45) is 0 Å². The van der Waals surface area contributed by atoms with Gasteiger partial charge in [-0.1, -0.05) is 0 Å². The van der Waals surface area contributed by atoms with Crippen molar-refractivity contribution in [1.29, 1.82) is 0 Å². The van der Waals surface area contributed by atoms with Gasteiger partial charge >= 0.3 is 0 Å². The summed E-state index contributed by atoms with van der Waals surface area (Å²) in [6.07, 6.45) is 1.80. The van der Waals surface area contributed by atoms with Crippen LogP contribution in [0.5, 0.6) is 0 Å². The van der Waals surface area contributed by atoms with Crippen molar-refractivity contribution in [3.8, 4) is 0 Å². The predicted octanol–water partition coefficient (Wildman–Crippen LogP) is 1.18. The van der Waals surface area contributed by atoms with Crippen LogP contribution in [0.15, 0.2) is 27.6 Å². The molecule has 4 heteroatoms. The van der Waals surface area contributed by atoms with E-state index < -0.39 is 0 Å². The Morgan fingerprint density at radius 2 is 2.25 bits per heavy atom. The summed E-state index contributed by atoms with van der Waals surface area (Å²) in [6.45, 7) is 1.30. The first-order valence-corrected chi connectivity index (χ1v) is 4.52. The molecule has 1 saturated heterocycles. The second-order valence-corrected chi connectivity index (χ2v) is 3.70. The average Bonchev–Trinajstić information content (AvgIpc) is 1.93. The molecular weight excluding hydrogens is 222 g/mol. The van der Waals surface area contributed by atoms with Gasteiger partial charge in [0.25, 0.3) is 5.56 Å². The number of nitrogens with zero attached hydrogens (tertiary/aromatic N) is 1. The van der Waals surface area contributed by atoms with Gasteiger partial charge in [-0.15, -0.1) is 0 Å². The lowest BCUT2D eigenvalue weighted by atomic mass is 10.2. The van der Waals surface area contributed by atoms with Crippen molar-refractivity contribution in [3.63, 3.8) is 0 Å². The van der Waals surface area contributed by atoms with Gasteiger partial charge in [-0.05, 0) is 22.0 Å². The third kappa shape index (κ3) is 1.32. The van der Waals surface area contributed by atoms with Crippen molar-refractivity contribution < 1.29 is 4.74 Å². The molecule has 1 aromatic heterocycles. The highest BCUT2D eigenvalue weighted by Gasteiger charge is 2.20. The van der Waals surface area contributed by atoms with Crippen LogP contribution in [0.2, 0.25) is 0 Å². The van der Waals surface area contributed by atoms with Crippen molar-refractivity contribution in [1.82, 2.24) is 4.57 Å². The molecule has 0 aliphatic carbocycles. The van der Waals surface area contributed by atoms with E-state index in [0.29, 0.717) is 13.2 Å². The number of ether oxygens (including phenoxy) is 1. The van der Waals surface area contributed by atoms with Crippen molar-refractivity contribution in [3.05, 3.63) is 33.2 Å². The van der Waals surface area contributed by atoms with Crippen molar-refractivity contribution in [2.75, 3.05) is 13.2 Å². The van der Waals surface area contributed by atoms with Gasteiger partial charge in [-0.3, -0.25) is 4.79 Å². The van der Waals surface area contributed by atoms with E-state index in [4.69, 9.17) is 4.74 Å². The zero-order chi connectivity index (χ0) is 8.55. The minimum atomic E-state index is 0.0338. The van der Waals surface area contributed by atoms with Gasteiger partial charge in [0.1, 0.15) is 0 Å². The van der Waals surface area contributed by atoms with Crippen molar-refractivity contribution >= 4 is 15.9 Å². The van der Waals surface area contributed by atoms with E-state index in [9.17, 15) is 4.79 Å². The number of halogens is 1. The third-order valence-corrected chi connectivity index (χ3v) is 2.38.